The van der Waals surface area contributed by atoms with Crippen LogP contribution in [0.25, 0.3) is 45.0 Å². The Balaban J connectivity index is 1.17. The van der Waals surface area contributed by atoms with Gasteiger partial charge in [-0.05, 0) is 122 Å². The Hall–Kier alpha value is -7.70. The van der Waals surface area contributed by atoms with E-state index in [4.69, 9.17) is 19.9 Å². The molecule has 9 aromatic rings. The quantitative estimate of drug-likeness (QED) is 0.137. The molecule has 302 valence electrons. The van der Waals surface area contributed by atoms with Crippen LogP contribution < -0.4 is 9.80 Å². The van der Waals surface area contributed by atoms with Crippen LogP contribution in [0.4, 0.5) is 34.5 Å². The van der Waals surface area contributed by atoms with Gasteiger partial charge in [-0.2, -0.15) is 9.97 Å². The van der Waals surface area contributed by atoms with Crippen molar-refractivity contribution in [3.05, 3.63) is 216 Å². The lowest BCUT2D eigenvalue weighted by Crippen LogP contribution is -2.18. The lowest BCUT2D eigenvalue weighted by molar-refractivity contribution is 1.01. The van der Waals surface area contributed by atoms with E-state index in [9.17, 15) is 0 Å². The summed E-state index contributed by atoms with van der Waals surface area (Å²) in [7, 11) is 0. The molecule has 0 N–H and O–H groups in total. The summed E-state index contributed by atoms with van der Waals surface area (Å²) in [6.07, 6.45) is 1.80. The van der Waals surface area contributed by atoms with E-state index < -0.39 is 0 Å². The van der Waals surface area contributed by atoms with E-state index >= 15 is 0 Å². The molecule has 0 atom stereocenters. The van der Waals surface area contributed by atoms with Crippen molar-refractivity contribution in [2.75, 3.05) is 9.80 Å². The van der Waals surface area contributed by atoms with Crippen LogP contribution >= 0.6 is 0 Å². The number of anilines is 6. The summed E-state index contributed by atoms with van der Waals surface area (Å²) < 4.78 is 0. The van der Waals surface area contributed by atoms with Crippen LogP contribution in [-0.2, 0) is 0 Å². The first-order valence-corrected chi connectivity index (χ1v) is 21.1. The second-order valence-electron chi connectivity index (χ2n) is 16.0. The summed E-state index contributed by atoms with van der Waals surface area (Å²) in [4.78, 5) is 24.7. The van der Waals surface area contributed by atoms with Crippen LogP contribution in [0.5, 0.6) is 0 Å². The third-order valence-electron chi connectivity index (χ3n) is 11.3. The van der Waals surface area contributed by atoms with E-state index in [2.05, 4.69) is 168 Å². The zero-order valence-corrected chi connectivity index (χ0v) is 36.0. The molecule has 0 amide bonds. The summed E-state index contributed by atoms with van der Waals surface area (Å²) in [5, 5.41) is 0. The highest BCUT2D eigenvalue weighted by molar-refractivity contribution is 5.86. The van der Waals surface area contributed by atoms with Gasteiger partial charge < -0.3 is 4.90 Å². The van der Waals surface area contributed by atoms with E-state index in [0.717, 1.165) is 33.6 Å². The first-order valence-electron chi connectivity index (χ1n) is 21.1. The van der Waals surface area contributed by atoms with Gasteiger partial charge in [-0.3, -0.25) is 4.90 Å². The molecule has 2 aromatic heterocycles. The lowest BCUT2D eigenvalue weighted by Gasteiger charge is -2.32. The van der Waals surface area contributed by atoms with Gasteiger partial charge in [0.2, 0.25) is 5.95 Å². The second kappa shape index (κ2) is 17.1. The second-order valence-corrected chi connectivity index (χ2v) is 16.0. The van der Waals surface area contributed by atoms with Crippen molar-refractivity contribution in [2.24, 2.45) is 0 Å². The fraction of sp³-hybridized carbons (Fsp3) is 0.107. The Labute approximate surface area is 364 Å². The van der Waals surface area contributed by atoms with Gasteiger partial charge >= 0.3 is 0 Å². The molecule has 0 saturated carbocycles. The topological polar surface area (TPSA) is 58.0 Å². The third-order valence-corrected chi connectivity index (χ3v) is 11.3. The molecule has 7 aromatic carbocycles. The Morgan fingerprint density at radius 2 is 0.758 bits per heavy atom. The molecule has 6 nitrogen and oxygen atoms in total. The summed E-state index contributed by atoms with van der Waals surface area (Å²) in [5.74, 6) is 2.29. The molecule has 0 radical (unpaired) electrons. The minimum Gasteiger partial charge on any atom is -0.309 e. The predicted molar refractivity (Wildman–Crippen MR) is 257 cm³/mol. The highest BCUT2D eigenvalue weighted by Crippen LogP contribution is 2.44. The molecule has 0 aliphatic carbocycles. The van der Waals surface area contributed by atoms with Crippen molar-refractivity contribution in [3.63, 3.8) is 0 Å². The highest BCUT2D eigenvalue weighted by atomic mass is 15.3. The Kier molecular flexibility index (Phi) is 11.0. The number of benzene rings is 7. The smallest absolute Gasteiger partial charge is 0.239 e. The number of aryl methyl sites for hydroxylation is 6. The van der Waals surface area contributed by atoms with Gasteiger partial charge in [0, 0.05) is 23.0 Å². The lowest BCUT2D eigenvalue weighted by atomic mass is 9.94. The predicted octanol–water partition coefficient (Wildman–Crippen LogP) is 14.7. The van der Waals surface area contributed by atoms with Crippen LogP contribution in [0.1, 0.15) is 33.4 Å². The van der Waals surface area contributed by atoms with Crippen LogP contribution in [0.3, 0.4) is 0 Å². The Bertz CT molecular complexity index is 2900. The summed E-state index contributed by atoms with van der Waals surface area (Å²) in [6.45, 7) is 13.1. The molecule has 0 aliphatic heterocycles. The number of hydrogen-bond acceptors (Lipinski definition) is 6. The summed E-state index contributed by atoms with van der Waals surface area (Å²) >= 11 is 0. The molecule has 0 aliphatic rings. The van der Waals surface area contributed by atoms with E-state index in [0.29, 0.717) is 23.4 Å². The zero-order valence-electron chi connectivity index (χ0n) is 36.0. The molecule has 0 fully saturated rings. The molecule has 0 saturated heterocycles. The minimum absolute atomic E-state index is 0.464. The van der Waals surface area contributed by atoms with Crippen molar-refractivity contribution in [3.8, 4) is 45.0 Å². The number of hydrogen-bond donors (Lipinski definition) is 0. The van der Waals surface area contributed by atoms with Gasteiger partial charge in [-0.25, -0.2) is 9.97 Å². The van der Waals surface area contributed by atoms with Crippen molar-refractivity contribution in [2.45, 2.75) is 41.5 Å². The Morgan fingerprint density at radius 1 is 0.355 bits per heavy atom. The van der Waals surface area contributed by atoms with Crippen LogP contribution in [0.2, 0.25) is 0 Å². The molecule has 0 bridgehead atoms. The fourth-order valence-electron chi connectivity index (χ4n) is 8.72. The van der Waals surface area contributed by atoms with E-state index in [1.54, 1.807) is 6.20 Å². The number of nitrogens with zero attached hydrogens (tertiary/aromatic N) is 6. The number of pyridine rings is 1. The zero-order chi connectivity index (χ0) is 42.7. The van der Waals surface area contributed by atoms with Gasteiger partial charge in [0.25, 0.3) is 0 Å². The number of rotatable bonds is 10. The van der Waals surface area contributed by atoms with Gasteiger partial charge in [0.05, 0.1) is 17.1 Å². The molecule has 9 rings (SSSR count). The van der Waals surface area contributed by atoms with Gasteiger partial charge in [0.15, 0.2) is 11.6 Å². The van der Waals surface area contributed by atoms with Crippen molar-refractivity contribution >= 4 is 34.5 Å². The van der Waals surface area contributed by atoms with Crippen LogP contribution in [0, 0.1) is 41.5 Å². The van der Waals surface area contributed by atoms with Gasteiger partial charge in [0.1, 0.15) is 5.82 Å². The molecule has 62 heavy (non-hydrogen) atoms. The average molecular weight is 805 g/mol. The van der Waals surface area contributed by atoms with Gasteiger partial charge in [-0.15, -0.1) is 0 Å². The average Bonchev–Trinajstić information content (AvgIpc) is 3.29. The first-order chi connectivity index (χ1) is 30.2. The molecular formula is C56H48N6. The third kappa shape index (κ3) is 7.98. The monoisotopic (exact) mass is 804 g/mol. The molecule has 6 heteroatoms. The standard InChI is InChI=1S/C56H48N6/c1-37-33-39(3)52(40(4)34-37)62(53-41(5)35-38(2)36-42(53)6)48-30-28-47(29-31-48)61(51-23-15-16-32-57-51)56-59-54(45-19-11-8-12-20-45)58-55(60-56)46-26-24-44(25-27-46)50-22-14-13-21-49(50)43-17-9-7-10-18-43/h7-36H,1-6H3. The SMILES string of the molecule is Cc1cc(C)c(N(c2ccc(N(c3ccccn3)c3nc(-c4ccccc4)nc(-c4ccc(-c5ccccc5-c5ccccc5)cc4)n3)cc2)c2c(C)cc(C)cc2C)c(C)c1. The largest absolute Gasteiger partial charge is 0.309 e. The Morgan fingerprint density at radius 3 is 1.24 bits per heavy atom. The van der Waals surface area contributed by atoms with Crippen LogP contribution in [-0.4, -0.2) is 19.9 Å². The molecule has 2 heterocycles. The van der Waals surface area contributed by atoms with E-state index in [-0.39, 0.29) is 0 Å². The fourth-order valence-corrected chi connectivity index (χ4v) is 8.72. The van der Waals surface area contributed by atoms with Gasteiger partial charge in [-0.1, -0.05) is 151 Å². The maximum absolute atomic E-state index is 5.22. The maximum atomic E-state index is 5.22. The maximum Gasteiger partial charge on any atom is 0.239 e. The molecule has 0 spiro atoms. The summed E-state index contributed by atoms with van der Waals surface area (Å²) in [5.41, 5.74) is 18.1. The van der Waals surface area contributed by atoms with E-state index in [1.165, 1.54) is 55.9 Å². The normalized spacial score (nSPS) is 11.1. The van der Waals surface area contributed by atoms with Crippen LogP contribution in [0.15, 0.2) is 182 Å². The minimum atomic E-state index is 0.464. The van der Waals surface area contributed by atoms with Crippen molar-refractivity contribution in [1.29, 1.82) is 0 Å². The first kappa shape index (κ1) is 39.7. The summed E-state index contributed by atoms with van der Waals surface area (Å²) in [6, 6.07) is 61.3. The number of aromatic nitrogens is 4. The van der Waals surface area contributed by atoms with E-state index in [1.807, 2.05) is 59.5 Å². The van der Waals surface area contributed by atoms with Crippen molar-refractivity contribution < 1.29 is 0 Å². The highest BCUT2D eigenvalue weighted by Gasteiger charge is 2.24. The molecular weight excluding hydrogens is 757 g/mol. The molecule has 0 unspecified atom stereocenters. The van der Waals surface area contributed by atoms with Crippen molar-refractivity contribution in [1.82, 2.24) is 19.9 Å².